The summed E-state index contributed by atoms with van der Waals surface area (Å²) in [5.41, 5.74) is -0.0887. The van der Waals surface area contributed by atoms with E-state index in [0.717, 1.165) is 0 Å². The molecule has 4 aromatic rings. The second-order valence-corrected chi connectivity index (χ2v) is 18.3. The van der Waals surface area contributed by atoms with Crippen molar-refractivity contribution in [3.63, 3.8) is 0 Å². The molecular weight excluding hydrogens is 1060 g/mol. The monoisotopic (exact) mass is 1100 g/mol. The van der Waals surface area contributed by atoms with Crippen molar-refractivity contribution < 1.29 is 33.5 Å². The fourth-order valence-electron chi connectivity index (χ4n) is 5.72. The van der Waals surface area contributed by atoms with Gasteiger partial charge in [-0.2, -0.15) is 9.97 Å². The number of aromatic nitrogens is 2. The molecule has 2 heterocycles. The van der Waals surface area contributed by atoms with E-state index in [1.165, 1.54) is 48.6 Å². The van der Waals surface area contributed by atoms with Gasteiger partial charge in [0, 0.05) is 72.5 Å². The van der Waals surface area contributed by atoms with Crippen molar-refractivity contribution in [3.8, 4) is 23.3 Å². The van der Waals surface area contributed by atoms with Gasteiger partial charge in [0.1, 0.15) is 55.9 Å². The lowest BCUT2D eigenvalue weighted by molar-refractivity contribution is -0.384. The van der Waals surface area contributed by atoms with Crippen LogP contribution in [0.15, 0.2) is 57.5 Å². The molecule has 0 spiro atoms. The molecule has 0 aliphatic carbocycles. The zero-order valence-electron chi connectivity index (χ0n) is 34.4. The van der Waals surface area contributed by atoms with Gasteiger partial charge >= 0.3 is 11.4 Å². The summed E-state index contributed by atoms with van der Waals surface area (Å²) >= 11 is 63.5. The number of anilines is 2. The largest absolute Gasteiger partial charge is 0.488 e. The van der Waals surface area contributed by atoms with E-state index < -0.39 is 22.1 Å². The van der Waals surface area contributed by atoms with E-state index in [1.54, 1.807) is 27.7 Å². The van der Waals surface area contributed by atoms with E-state index in [2.05, 4.69) is 20.6 Å². The van der Waals surface area contributed by atoms with Crippen molar-refractivity contribution in [2.75, 3.05) is 37.1 Å². The molecule has 2 N–H and O–H groups in total. The van der Waals surface area contributed by atoms with E-state index in [9.17, 15) is 20.2 Å². The predicted molar refractivity (Wildman–Crippen MR) is 260 cm³/mol. The Kier molecular flexibility index (Phi) is 21.5. The number of pyridine rings is 2. The highest BCUT2D eigenvalue weighted by molar-refractivity contribution is 6.56. The molecule has 0 fully saturated rings. The van der Waals surface area contributed by atoms with Crippen LogP contribution in [0, 0.1) is 20.2 Å². The molecule has 0 saturated heterocycles. The summed E-state index contributed by atoms with van der Waals surface area (Å²) in [5, 5.41) is 29.6. The highest BCUT2D eigenvalue weighted by Crippen LogP contribution is 2.46. The third kappa shape index (κ3) is 15.9. The van der Waals surface area contributed by atoms with Gasteiger partial charge in [-0.3, -0.25) is 20.2 Å². The number of nitrogens with one attached hydrogen (secondary N) is 2. The second-order valence-electron chi connectivity index (χ2n) is 14.0. The molecule has 0 aliphatic heterocycles. The molecular formula is C40H38Cl10N6O9. The normalized spacial score (nSPS) is 12.1. The van der Waals surface area contributed by atoms with Gasteiger partial charge in [-0.05, 0) is 39.8 Å². The first-order chi connectivity index (χ1) is 30.7. The highest BCUT2D eigenvalue weighted by atomic mass is 35.5. The lowest BCUT2D eigenvalue weighted by atomic mass is 10.1. The lowest BCUT2D eigenvalue weighted by Gasteiger charge is -2.24. The minimum absolute atomic E-state index is 0.00625. The maximum absolute atomic E-state index is 11.8. The second kappa shape index (κ2) is 25.7. The standard InChI is InChI=1S/C40H38Cl10N6O9/c1-19(2)51-39-23(55(57)58)5-7-31(53-39)64-25(33-21(41)17-27(35(47)37(33)49)62-15-11-29(43)44)9-13-61-14-10-26(65-32-8-6-24(56(59)60)40(54-32)52-20(3)4)34-22(42)18-28(36(48)38(34)50)63-16-12-30(45)46/h5-8,11-12,17-20,25-26H,9-10,13-16H2,1-4H3,(H,51,53)(H,52,54). The molecule has 2 atom stereocenters. The van der Waals surface area contributed by atoms with E-state index in [4.69, 9.17) is 140 Å². The first-order valence-corrected chi connectivity index (χ1v) is 22.8. The first kappa shape index (κ1) is 54.3. The summed E-state index contributed by atoms with van der Waals surface area (Å²) < 4.78 is 30.1. The van der Waals surface area contributed by atoms with Crippen molar-refractivity contribution in [2.45, 2.75) is 64.8 Å². The Morgan fingerprint density at radius 2 is 1.00 bits per heavy atom. The Balaban J connectivity index is 1.68. The number of hydrogen-bond donors (Lipinski definition) is 2. The Morgan fingerprint density at radius 1 is 0.631 bits per heavy atom. The molecule has 0 amide bonds. The fraction of sp³-hybridized carbons (Fsp3) is 0.350. The maximum Gasteiger partial charge on any atom is 0.311 e. The molecule has 0 radical (unpaired) electrons. The van der Waals surface area contributed by atoms with E-state index in [0.29, 0.717) is 0 Å². The molecule has 2 aromatic heterocycles. The molecule has 2 unspecified atom stereocenters. The highest BCUT2D eigenvalue weighted by Gasteiger charge is 2.29. The topological polar surface area (TPSA) is 182 Å². The van der Waals surface area contributed by atoms with Crippen LogP contribution in [0.4, 0.5) is 23.0 Å². The third-order valence-electron chi connectivity index (χ3n) is 8.43. The number of hydrogen-bond acceptors (Lipinski definition) is 13. The molecule has 0 aliphatic rings. The van der Waals surface area contributed by atoms with Gasteiger partial charge in [0.05, 0.1) is 43.2 Å². The first-order valence-electron chi connectivity index (χ1n) is 19.1. The maximum atomic E-state index is 11.8. The quantitative estimate of drug-likeness (QED) is 0.0293. The minimum atomic E-state index is -1.01. The molecule has 4 rings (SSSR count). The van der Waals surface area contributed by atoms with Gasteiger partial charge in [-0.1, -0.05) is 116 Å². The molecule has 0 saturated carbocycles. The number of benzene rings is 2. The Hall–Kier alpha value is -3.32. The zero-order valence-corrected chi connectivity index (χ0v) is 42.0. The smallest absolute Gasteiger partial charge is 0.311 e. The molecule has 2 aromatic carbocycles. The van der Waals surface area contributed by atoms with Crippen molar-refractivity contribution in [1.29, 1.82) is 0 Å². The van der Waals surface area contributed by atoms with Gasteiger partial charge in [-0.15, -0.1) is 0 Å². The van der Waals surface area contributed by atoms with E-state index in [1.807, 2.05) is 0 Å². The Labute approximate surface area is 423 Å². The summed E-state index contributed by atoms with van der Waals surface area (Å²) in [7, 11) is 0. The van der Waals surface area contributed by atoms with Gasteiger partial charge in [0.25, 0.3) is 0 Å². The van der Waals surface area contributed by atoms with Gasteiger partial charge < -0.3 is 34.3 Å². The average Bonchev–Trinajstić information content (AvgIpc) is 3.20. The summed E-state index contributed by atoms with van der Waals surface area (Å²) in [4.78, 5) is 31.2. The van der Waals surface area contributed by atoms with Crippen LogP contribution in [0.5, 0.6) is 23.3 Å². The molecule has 352 valence electrons. The van der Waals surface area contributed by atoms with Crippen molar-refractivity contribution in [1.82, 2.24) is 9.97 Å². The van der Waals surface area contributed by atoms with Crippen LogP contribution >= 0.6 is 116 Å². The van der Waals surface area contributed by atoms with Crippen LogP contribution in [0.2, 0.25) is 30.1 Å². The molecule has 65 heavy (non-hydrogen) atoms. The number of halogens is 10. The van der Waals surface area contributed by atoms with E-state index >= 15 is 0 Å². The SMILES string of the molecule is CC(C)Nc1nc(OC(CCOCCC(Oc2ccc([N+](=O)[O-])c(NC(C)C)n2)c2c(Cl)cc(OCC=C(Cl)Cl)c(Cl)c2Cl)c2c(Cl)cc(OCC=C(Cl)Cl)c(Cl)c2Cl)ccc1[N+](=O)[O-]. The Bertz CT molecular complexity index is 2240. The average molecular weight is 1100 g/mol. The number of rotatable bonds is 24. The molecule has 0 bridgehead atoms. The van der Waals surface area contributed by atoms with Crippen LogP contribution in [-0.4, -0.2) is 58.3 Å². The number of nitrogens with zero attached hydrogens (tertiary/aromatic N) is 4. The van der Waals surface area contributed by atoms with Crippen LogP contribution in [-0.2, 0) is 4.74 Å². The summed E-state index contributed by atoms with van der Waals surface area (Å²) in [5.74, 6) is 0.155. The fourth-order valence-corrected chi connectivity index (χ4v) is 7.75. The lowest BCUT2D eigenvalue weighted by Crippen LogP contribution is -2.17. The van der Waals surface area contributed by atoms with Crippen LogP contribution in [0.3, 0.4) is 0 Å². The number of ether oxygens (including phenoxy) is 5. The zero-order chi connectivity index (χ0) is 48.1. The van der Waals surface area contributed by atoms with E-state index in [-0.39, 0.29) is 148 Å². The summed E-state index contributed by atoms with van der Waals surface area (Å²) in [6.45, 7) is 7.02. The van der Waals surface area contributed by atoms with Gasteiger partial charge in [-0.25, -0.2) is 0 Å². The van der Waals surface area contributed by atoms with Crippen molar-refractivity contribution in [3.05, 3.63) is 119 Å². The summed E-state index contributed by atoms with van der Waals surface area (Å²) in [6.07, 6.45) is 0.876. The van der Waals surface area contributed by atoms with Crippen molar-refractivity contribution in [2.24, 2.45) is 0 Å². The predicted octanol–water partition coefficient (Wildman–Crippen LogP) is 15.0. The van der Waals surface area contributed by atoms with Gasteiger partial charge in [0.2, 0.25) is 23.4 Å². The van der Waals surface area contributed by atoms with Crippen LogP contribution < -0.4 is 29.6 Å². The van der Waals surface area contributed by atoms with Crippen LogP contribution in [0.1, 0.15) is 63.9 Å². The Morgan fingerprint density at radius 3 is 1.32 bits per heavy atom. The molecule has 25 heteroatoms. The minimum Gasteiger partial charge on any atom is -0.488 e. The van der Waals surface area contributed by atoms with Crippen molar-refractivity contribution >= 4 is 139 Å². The van der Waals surface area contributed by atoms with Crippen LogP contribution in [0.25, 0.3) is 0 Å². The number of nitro groups is 2. The van der Waals surface area contributed by atoms with Gasteiger partial charge in [0.15, 0.2) is 0 Å². The molecule has 15 nitrogen and oxygen atoms in total. The summed E-state index contributed by atoms with van der Waals surface area (Å²) in [6, 6.07) is 7.59. The third-order valence-corrected chi connectivity index (χ3v) is 11.4.